The zero-order chi connectivity index (χ0) is 22.2. The summed E-state index contributed by atoms with van der Waals surface area (Å²) in [6, 6.07) is 13.5. The van der Waals surface area contributed by atoms with E-state index in [0.717, 1.165) is 30.6 Å². The maximum absolute atomic E-state index is 12.8. The second-order valence-electron chi connectivity index (χ2n) is 7.41. The van der Waals surface area contributed by atoms with Gasteiger partial charge in [-0.2, -0.15) is 0 Å². The lowest BCUT2D eigenvalue weighted by molar-refractivity contribution is -0.121. The molecule has 2 amide bonds. The Kier molecular flexibility index (Phi) is 7.78. The van der Waals surface area contributed by atoms with E-state index >= 15 is 0 Å². The van der Waals surface area contributed by atoms with Gasteiger partial charge >= 0.3 is 5.97 Å². The van der Waals surface area contributed by atoms with E-state index in [4.69, 9.17) is 9.47 Å². The fraction of sp³-hybridized carbons (Fsp3) is 0.375. The van der Waals surface area contributed by atoms with Gasteiger partial charge in [-0.25, -0.2) is 9.69 Å². The number of rotatable bonds is 10. The molecule has 0 radical (unpaired) electrons. The zero-order valence-corrected chi connectivity index (χ0v) is 17.9. The van der Waals surface area contributed by atoms with Crippen LogP contribution in [0.2, 0.25) is 0 Å². The molecule has 7 nitrogen and oxygen atoms in total. The summed E-state index contributed by atoms with van der Waals surface area (Å²) in [5.41, 5.74) is 1.97. The molecule has 1 aliphatic heterocycles. The predicted molar refractivity (Wildman–Crippen MR) is 117 cm³/mol. The van der Waals surface area contributed by atoms with E-state index < -0.39 is 12.0 Å². The first-order valence-corrected chi connectivity index (χ1v) is 10.5. The fourth-order valence-electron chi connectivity index (χ4n) is 3.38. The third-order valence-electron chi connectivity index (χ3n) is 5.20. The van der Waals surface area contributed by atoms with Crippen LogP contribution in [0.15, 0.2) is 48.5 Å². The highest BCUT2D eigenvalue weighted by molar-refractivity contribution is 6.22. The van der Waals surface area contributed by atoms with Crippen molar-refractivity contribution in [2.45, 2.75) is 38.6 Å². The molecule has 3 rings (SSSR count). The zero-order valence-electron chi connectivity index (χ0n) is 17.9. The highest BCUT2D eigenvalue weighted by Crippen LogP contribution is 2.23. The first-order chi connectivity index (χ1) is 15.0. The Morgan fingerprint density at radius 1 is 1.10 bits per heavy atom. The first-order valence-electron chi connectivity index (χ1n) is 10.5. The Morgan fingerprint density at radius 3 is 2.45 bits per heavy atom. The van der Waals surface area contributed by atoms with Crippen LogP contribution in [0.3, 0.4) is 0 Å². The van der Waals surface area contributed by atoms with Crippen molar-refractivity contribution in [1.29, 1.82) is 0 Å². The minimum absolute atomic E-state index is 0.113. The normalized spacial score (nSPS) is 15.9. The van der Waals surface area contributed by atoms with Crippen LogP contribution in [0.1, 0.15) is 42.1 Å². The maximum atomic E-state index is 12.8. The number of methoxy groups -OCH3 is 1. The first kappa shape index (κ1) is 22.5. The lowest BCUT2D eigenvalue weighted by Crippen LogP contribution is -2.39. The van der Waals surface area contributed by atoms with Gasteiger partial charge in [0.05, 0.1) is 37.4 Å². The number of hydrogen-bond acceptors (Lipinski definition) is 6. The SMILES string of the molecule is CCCCOC(=O)c1ccc(N2C(=O)C[C@H](NCCc3ccc(OC)cc3)C2=O)cc1. The second kappa shape index (κ2) is 10.7. The molecule has 7 heteroatoms. The number of nitrogens with one attached hydrogen (secondary N) is 1. The summed E-state index contributed by atoms with van der Waals surface area (Å²) in [7, 11) is 1.62. The van der Waals surface area contributed by atoms with Gasteiger partial charge in [0.2, 0.25) is 5.91 Å². The van der Waals surface area contributed by atoms with Gasteiger partial charge < -0.3 is 14.8 Å². The van der Waals surface area contributed by atoms with Gasteiger partial charge in [0.25, 0.3) is 5.91 Å². The number of hydrogen-bond donors (Lipinski definition) is 1. The van der Waals surface area contributed by atoms with Crippen molar-refractivity contribution < 1.29 is 23.9 Å². The van der Waals surface area contributed by atoms with Gasteiger partial charge in [0.15, 0.2) is 0 Å². The Hall–Kier alpha value is -3.19. The highest BCUT2D eigenvalue weighted by atomic mass is 16.5. The number of carbonyl (C=O) groups excluding carboxylic acids is 3. The lowest BCUT2D eigenvalue weighted by atomic mass is 10.1. The lowest BCUT2D eigenvalue weighted by Gasteiger charge is -2.16. The molecule has 1 saturated heterocycles. The highest BCUT2D eigenvalue weighted by Gasteiger charge is 2.39. The molecular weight excluding hydrogens is 396 g/mol. The summed E-state index contributed by atoms with van der Waals surface area (Å²) in [6.45, 7) is 2.98. The molecule has 1 atom stereocenters. The number of ether oxygens (including phenoxy) is 2. The van der Waals surface area contributed by atoms with E-state index in [2.05, 4.69) is 5.32 Å². The third kappa shape index (κ3) is 5.70. The van der Waals surface area contributed by atoms with Crippen LogP contribution in [-0.4, -0.2) is 44.1 Å². The smallest absolute Gasteiger partial charge is 0.338 e. The minimum Gasteiger partial charge on any atom is -0.497 e. The van der Waals surface area contributed by atoms with Crippen LogP contribution < -0.4 is 15.0 Å². The predicted octanol–water partition coefficient (Wildman–Crippen LogP) is 3.12. The van der Waals surface area contributed by atoms with Gasteiger partial charge in [-0.05, 0) is 61.3 Å². The summed E-state index contributed by atoms with van der Waals surface area (Å²) in [5.74, 6) is -0.149. The van der Waals surface area contributed by atoms with Gasteiger partial charge in [0.1, 0.15) is 5.75 Å². The third-order valence-corrected chi connectivity index (χ3v) is 5.20. The number of amides is 2. The fourth-order valence-corrected chi connectivity index (χ4v) is 3.38. The van der Waals surface area contributed by atoms with Gasteiger partial charge in [0, 0.05) is 0 Å². The Balaban J connectivity index is 1.54. The largest absolute Gasteiger partial charge is 0.497 e. The van der Waals surface area contributed by atoms with Crippen molar-refractivity contribution in [1.82, 2.24) is 5.32 Å². The second-order valence-corrected chi connectivity index (χ2v) is 7.41. The van der Waals surface area contributed by atoms with Crippen molar-refractivity contribution in [2.75, 3.05) is 25.2 Å². The number of anilines is 1. The number of benzene rings is 2. The standard InChI is InChI=1S/C24H28N2O5/c1-3-4-15-31-24(29)18-7-9-19(10-8-18)26-22(27)16-21(23(26)28)25-14-13-17-5-11-20(30-2)12-6-17/h5-12,21,25H,3-4,13-16H2,1-2H3/t21-/m0/s1. The quantitative estimate of drug-likeness (QED) is 0.358. The summed E-state index contributed by atoms with van der Waals surface area (Å²) < 4.78 is 10.3. The monoisotopic (exact) mass is 424 g/mol. The summed E-state index contributed by atoms with van der Waals surface area (Å²) >= 11 is 0. The molecule has 2 aromatic carbocycles. The maximum Gasteiger partial charge on any atom is 0.338 e. The van der Waals surface area contributed by atoms with Gasteiger partial charge in [-0.15, -0.1) is 0 Å². The minimum atomic E-state index is -0.551. The van der Waals surface area contributed by atoms with Crippen LogP contribution in [0.25, 0.3) is 0 Å². The molecule has 0 spiro atoms. The van der Waals surface area contributed by atoms with Crippen molar-refractivity contribution in [3.63, 3.8) is 0 Å². The van der Waals surface area contributed by atoms with Crippen molar-refractivity contribution in [2.24, 2.45) is 0 Å². The van der Waals surface area contributed by atoms with Crippen LogP contribution in [0, 0.1) is 0 Å². The number of nitrogens with zero attached hydrogens (tertiary/aromatic N) is 1. The molecule has 1 heterocycles. The van der Waals surface area contributed by atoms with Crippen LogP contribution in [0.5, 0.6) is 5.75 Å². The summed E-state index contributed by atoms with van der Waals surface area (Å²) in [6.07, 6.45) is 2.60. The number of imide groups is 1. The molecule has 164 valence electrons. The van der Waals surface area contributed by atoms with E-state index in [-0.39, 0.29) is 18.2 Å². The van der Waals surface area contributed by atoms with E-state index in [9.17, 15) is 14.4 Å². The van der Waals surface area contributed by atoms with Crippen LogP contribution in [0.4, 0.5) is 5.69 Å². The molecule has 1 fully saturated rings. The van der Waals surface area contributed by atoms with E-state index in [1.807, 2.05) is 31.2 Å². The summed E-state index contributed by atoms with van der Waals surface area (Å²) in [4.78, 5) is 38.4. The van der Waals surface area contributed by atoms with Gasteiger partial charge in [-0.3, -0.25) is 9.59 Å². The Labute approximate surface area is 182 Å². The molecule has 0 unspecified atom stereocenters. The number of esters is 1. The van der Waals surface area contributed by atoms with Crippen LogP contribution in [-0.2, 0) is 20.7 Å². The molecule has 0 bridgehead atoms. The van der Waals surface area contributed by atoms with Crippen molar-refractivity contribution >= 4 is 23.5 Å². The molecule has 0 aliphatic carbocycles. The molecule has 1 N–H and O–H groups in total. The van der Waals surface area contributed by atoms with E-state index in [1.165, 1.54) is 4.90 Å². The molecule has 2 aromatic rings. The number of carbonyl (C=O) groups is 3. The topological polar surface area (TPSA) is 84.9 Å². The van der Waals surface area contributed by atoms with E-state index in [0.29, 0.717) is 24.4 Å². The van der Waals surface area contributed by atoms with Crippen LogP contribution >= 0.6 is 0 Å². The Morgan fingerprint density at radius 2 is 1.81 bits per heavy atom. The Bertz CT molecular complexity index is 909. The molecule has 0 saturated carbocycles. The van der Waals surface area contributed by atoms with Gasteiger partial charge in [-0.1, -0.05) is 25.5 Å². The molecular formula is C24H28N2O5. The number of unbranched alkanes of at least 4 members (excludes halogenated alkanes) is 1. The molecule has 1 aliphatic rings. The van der Waals surface area contributed by atoms with Crippen molar-refractivity contribution in [3.05, 3.63) is 59.7 Å². The van der Waals surface area contributed by atoms with Crippen molar-refractivity contribution in [3.8, 4) is 5.75 Å². The van der Waals surface area contributed by atoms with E-state index in [1.54, 1.807) is 31.4 Å². The average Bonchev–Trinajstić information content (AvgIpc) is 3.07. The summed E-state index contributed by atoms with van der Waals surface area (Å²) in [5, 5.41) is 3.18. The molecule has 31 heavy (non-hydrogen) atoms. The molecule has 0 aromatic heterocycles. The average molecular weight is 424 g/mol.